The Labute approximate surface area is 120 Å². The Morgan fingerprint density at radius 2 is 2.16 bits per heavy atom. The minimum absolute atomic E-state index is 0.306. The largest absolute Gasteiger partial charge is 0.496 e. The molecule has 0 radical (unpaired) electrons. The second-order valence-corrected chi connectivity index (χ2v) is 5.48. The van der Waals surface area contributed by atoms with Crippen LogP contribution in [0, 0.1) is 0 Å². The number of rotatable bonds is 2. The van der Waals surface area contributed by atoms with E-state index in [-0.39, 0.29) is 6.04 Å². The summed E-state index contributed by atoms with van der Waals surface area (Å²) >= 11 is 3.56. The molecule has 0 spiro atoms. The molecule has 0 saturated carbocycles. The summed E-state index contributed by atoms with van der Waals surface area (Å²) in [4.78, 5) is 4.66. The Morgan fingerprint density at radius 3 is 2.95 bits per heavy atom. The van der Waals surface area contributed by atoms with Gasteiger partial charge < -0.3 is 10.5 Å². The van der Waals surface area contributed by atoms with Gasteiger partial charge in [-0.3, -0.25) is 0 Å². The smallest absolute Gasteiger partial charge is 0.115 e. The Hall–Kier alpha value is -1.39. The maximum absolute atomic E-state index is 6.28. The Kier molecular flexibility index (Phi) is 3.53. The highest BCUT2D eigenvalue weighted by molar-refractivity contribution is 9.10. The van der Waals surface area contributed by atoms with Gasteiger partial charge in [0, 0.05) is 9.86 Å². The molecule has 0 saturated heterocycles. The summed E-state index contributed by atoms with van der Waals surface area (Å²) in [6.07, 6.45) is 4.15. The molecular weight excluding hydrogens is 304 g/mol. The molecule has 1 aliphatic heterocycles. The highest BCUT2D eigenvalue weighted by atomic mass is 79.9. The van der Waals surface area contributed by atoms with E-state index in [4.69, 9.17) is 10.5 Å². The number of halogens is 1. The van der Waals surface area contributed by atoms with E-state index >= 15 is 0 Å². The van der Waals surface area contributed by atoms with Crippen molar-refractivity contribution in [2.24, 2.45) is 5.73 Å². The van der Waals surface area contributed by atoms with Crippen molar-refractivity contribution in [3.8, 4) is 0 Å². The maximum Gasteiger partial charge on any atom is 0.115 e. The first kappa shape index (κ1) is 12.6. The fourth-order valence-electron chi connectivity index (χ4n) is 2.25. The molecule has 2 N–H and O–H groups in total. The monoisotopic (exact) mass is 318 g/mol. The van der Waals surface area contributed by atoms with E-state index in [0.717, 1.165) is 46.3 Å². The van der Waals surface area contributed by atoms with Crippen LogP contribution >= 0.6 is 15.9 Å². The fraction of sp³-hybridized carbons (Fsp3) is 0.267. The number of hydrogen-bond acceptors (Lipinski definition) is 3. The zero-order valence-corrected chi connectivity index (χ0v) is 12.1. The Bertz CT molecular complexity index is 639. The summed E-state index contributed by atoms with van der Waals surface area (Å²) in [6, 6.07) is 9.77. The molecular formula is C15H15BrN2O. The molecule has 0 fully saturated rings. The minimum atomic E-state index is -0.306. The molecule has 4 heteroatoms. The molecule has 98 valence electrons. The number of nitrogens with zero attached hydrogens (tertiary/aromatic N) is 1. The predicted octanol–water partition coefficient (Wildman–Crippen LogP) is 3.69. The van der Waals surface area contributed by atoms with Crippen molar-refractivity contribution in [1.82, 2.24) is 4.98 Å². The molecule has 1 aromatic heterocycles. The number of benzene rings is 1. The van der Waals surface area contributed by atoms with Gasteiger partial charge in [0.2, 0.25) is 0 Å². The van der Waals surface area contributed by atoms with Crippen LogP contribution in [0.15, 0.2) is 46.6 Å². The number of fused-ring (bicyclic) bond motifs is 1. The van der Waals surface area contributed by atoms with E-state index in [1.165, 1.54) is 0 Å². The molecule has 19 heavy (non-hydrogen) atoms. The first-order chi connectivity index (χ1) is 9.25. The third kappa shape index (κ3) is 2.51. The molecule has 3 nitrogen and oxygen atoms in total. The lowest BCUT2D eigenvalue weighted by molar-refractivity contribution is 0.175. The van der Waals surface area contributed by atoms with Crippen molar-refractivity contribution in [1.29, 1.82) is 0 Å². The average molecular weight is 319 g/mol. The fourth-order valence-corrected chi connectivity index (χ4v) is 2.83. The Morgan fingerprint density at radius 1 is 1.32 bits per heavy atom. The van der Waals surface area contributed by atoms with Gasteiger partial charge in [0.25, 0.3) is 0 Å². The Balaban J connectivity index is 2.04. The van der Waals surface area contributed by atoms with Crippen LogP contribution in [0.2, 0.25) is 0 Å². The number of hydrogen-bond donors (Lipinski definition) is 1. The zero-order valence-electron chi connectivity index (χ0n) is 10.5. The van der Waals surface area contributed by atoms with Gasteiger partial charge in [-0.2, -0.15) is 0 Å². The molecule has 0 bridgehead atoms. The van der Waals surface area contributed by atoms with Crippen LogP contribution in [0.5, 0.6) is 0 Å². The van der Waals surface area contributed by atoms with Crippen molar-refractivity contribution in [2.75, 3.05) is 6.61 Å². The van der Waals surface area contributed by atoms with Gasteiger partial charge >= 0.3 is 0 Å². The van der Waals surface area contributed by atoms with Crippen LogP contribution in [0.4, 0.5) is 0 Å². The second-order valence-electron chi connectivity index (χ2n) is 4.62. The summed E-state index contributed by atoms with van der Waals surface area (Å²) in [5.74, 6) is 0.828. The second kappa shape index (κ2) is 5.31. The lowest BCUT2D eigenvalue weighted by Crippen LogP contribution is -2.19. The lowest BCUT2D eigenvalue weighted by atomic mass is 10.1. The van der Waals surface area contributed by atoms with Gasteiger partial charge in [0.1, 0.15) is 11.8 Å². The van der Waals surface area contributed by atoms with Crippen LogP contribution in [-0.4, -0.2) is 11.6 Å². The molecule has 0 amide bonds. The highest BCUT2D eigenvalue weighted by Gasteiger charge is 2.20. The summed E-state index contributed by atoms with van der Waals surface area (Å²) < 4.78 is 6.56. The van der Waals surface area contributed by atoms with E-state index in [9.17, 15) is 0 Å². The third-order valence-corrected chi connectivity index (χ3v) is 3.90. The van der Waals surface area contributed by atoms with E-state index in [2.05, 4.69) is 33.1 Å². The van der Waals surface area contributed by atoms with Crippen LogP contribution < -0.4 is 5.73 Å². The van der Waals surface area contributed by atoms with Crippen molar-refractivity contribution in [3.05, 3.63) is 52.3 Å². The van der Waals surface area contributed by atoms with Gasteiger partial charge in [0.05, 0.1) is 17.8 Å². The molecule has 1 unspecified atom stereocenters. The van der Waals surface area contributed by atoms with E-state index in [0.29, 0.717) is 0 Å². The van der Waals surface area contributed by atoms with Crippen molar-refractivity contribution >= 4 is 26.8 Å². The molecule has 1 aliphatic rings. The third-order valence-electron chi connectivity index (χ3n) is 3.27. The number of aromatic nitrogens is 1. The molecule has 3 rings (SSSR count). The summed E-state index contributed by atoms with van der Waals surface area (Å²) in [7, 11) is 0. The normalized spacial score (nSPS) is 16.8. The van der Waals surface area contributed by atoms with Crippen molar-refractivity contribution < 1.29 is 4.74 Å². The first-order valence-electron chi connectivity index (χ1n) is 6.39. The van der Waals surface area contributed by atoms with Crippen LogP contribution in [0.1, 0.15) is 24.6 Å². The average Bonchev–Trinajstić information content (AvgIpc) is 2.47. The standard InChI is InChI=1S/C15H15BrN2O/c16-11-9-10-5-1-2-6-12(10)18-15(11)14(17)13-7-3-4-8-19-13/h1-2,5-7,9,14H,3-4,8,17H2. The highest BCUT2D eigenvalue weighted by Crippen LogP contribution is 2.30. The number of allylic oxidation sites excluding steroid dienone is 1. The first-order valence-corrected chi connectivity index (χ1v) is 7.18. The summed E-state index contributed by atoms with van der Waals surface area (Å²) in [5.41, 5.74) is 8.05. The summed E-state index contributed by atoms with van der Waals surface area (Å²) in [6.45, 7) is 0.741. The lowest BCUT2D eigenvalue weighted by Gasteiger charge is -2.21. The van der Waals surface area contributed by atoms with Crippen LogP contribution in [0.3, 0.4) is 0 Å². The topological polar surface area (TPSA) is 48.1 Å². The van der Waals surface area contributed by atoms with E-state index in [1.807, 2.05) is 24.3 Å². The maximum atomic E-state index is 6.28. The number of pyridine rings is 1. The van der Waals surface area contributed by atoms with E-state index < -0.39 is 0 Å². The van der Waals surface area contributed by atoms with Gasteiger partial charge in [-0.1, -0.05) is 18.2 Å². The predicted molar refractivity (Wildman–Crippen MR) is 79.6 cm³/mol. The van der Waals surface area contributed by atoms with Crippen molar-refractivity contribution in [3.63, 3.8) is 0 Å². The summed E-state index contributed by atoms with van der Waals surface area (Å²) in [5, 5.41) is 1.10. The van der Waals surface area contributed by atoms with Gasteiger partial charge in [-0.25, -0.2) is 4.98 Å². The number of ether oxygens (including phenoxy) is 1. The van der Waals surface area contributed by atoms with Gasteiger partial charge in [0.15, 0.2) is 0 Å². The van der Waals surface area contributed by atoms with Crippen molar-refractivity contribution in [2.45, 2.75) is 18.9 Å². The molecule has 2 heterocycles. The SMILES string of the molecule is NC(C1=CCCCO1)c1nc2ccccc2cc1Br. The molecule has 1 atom stereocenters. The number of nitrogens with two attached hydrogens (primary N) is 1. The van der Waals surface area contributed by atoms with Gasteiger partial charge in [-0.15, -0.1) is 0 Å². The molecule has 0 aliphatic carbocycles. The minimum Gasteiger partial charge on any atom is -0.496 e. The molecule has 1 aromatic carbocycles. The molecule has 2 aromatic rings. The van der Waals surface area contributed by atoms with Crippen LogP contribution in [-0.2, 0) is 4.74 Å². The zero-order chi connectivity index (χ0) is 13.2. The van der Waals surface area contributed by atoms with E-state index in [1.54, 1.807) is 0 Å². The number of para-hydroxylation sites is 1. The van der Waals surface area contributed by atoms with Crippen LogP contribution in [0.25, 0.3) is 10.9 Å². The van der Waals surface area contributed by atoms with Gasteiger partial charge in [-0.05, 0) is 47.0 Å². The quantitative estimate of drug-likeness (QED) is 0.918.